The molecule has 0 saturated carbocycles. The molecule has 1 heterocycles. The lowest BCUT2D eigenvalue weighted by Crippen LogP contribution is -2.12. The fourth-order valence-corrected chi connectivity index (χ4v) is 1.69. The van der Waals surface area contributed by atoms with Gasteiger partial charge in [0.1, 0.15) is 0 Å². The number of hydrogen-bond acceptors (Lipinski definition) is 5. The molecule has 0 unspecified atom stereocenters. The number of nitrogens with one attached hydrogen (secondary N) is 1. The van der Waals surface area contributed by atoms with E-state index in [4.69, 9.17) is 5.73 Å². The predicted molar refractivity (Wildman–Crippen MR) is 54.3 cm³/mol. The van der Waals surface area contributed by atoms with Crippen molar-refractivity contribution in [3.63, 3.8) is 0 Å². The molecule has 4 nitrogen and oxygen atoms in total. The van der Waals surface area contributed by atoms with E-state index in [-0.39, 0.29) is 5.78 Å². The van der Waals surface area contributed by atoms with E-state index < -0.39 is 0 Å². The zero-order valence-electron chi connectivity index (χ0n) is 7.54. The SMILES string of the molecule is CCC(=O)c1cnc(NCCN)s1. The molecule has 72 valence electrons. The standard InChI is InChI=1S/C8H13N3OS/c1-2-6(12)7-5-11-8(13-7)10-4-3-9/h5H,2-4,9H2,1H3,(H,10,11). The molecule has 0 fully saturated rings. The highest BCUT2D eigenvalue weighted by Gasteiger charge is 2.07. The first-order valence-corrected chi connectivity index (χ1v) is 5.02. The number of thiazole rings is 1. The Hall–Kier alpha value is -0.940. The van der Waals surface area contributed by atoms with Gasteiger partial charge in [-0.25, -0.2) is 4.98 Å². The van der Waals surface area contributed by atoms with Crippen LogP contribution < -0.4 is 11.1 Å². The highest BCUT2D eigenvalue weighted by Crippen LogP contribution is 2.18. The minimum absolute atomic E-state index is 0.137. The molecule has 0 aliphatic rings. The molecule has 0 atom stereocenters. The third kappa shape index (κ3) is 2.78. The van der Waals surface area contributed by atoms with E-state index in [1.165, 1.54) is 11.3 Å². The van der Waals surface area contributed by atoms with E-state index in [2.05, 4.69) is 10.3 Å². The van der Waals surface area contributed by atoms with Crippen molar-refractivity contribution in [1.82, 2.24) is 4.98 Å². The van der Waals surface area contributed by atoms with Gasteiger partial charge in [0.15, 0.2) is 10.9 Å². The maximum absolute atomic E-state index is 11.2. The molecule has 0 spiro atoms. The van der Waals surface area contributed by atoms with Crippen LogP contribution in [0.15, 0.2) is 6.20 Å². The zero-order chi connectivity index (χ0) is 9.68. The van der Waals surface area contributed by atoms with Gasteiger partial charge >= 0.3 is 0 Å². The maximum Gasteiger partial charge on any atom is 0.183 e. The first-order valence-electron chi connectivity index (χ1n) is 4.21. The molecular weight excluding hydrogens is 186 g/mol. The summed E-state index contributed by atoms with van der Waals surface area (Å²) >= 11 is 1.38. The van der Waals surface area contributed by atoms with Gasteiger partial charge < -0.3 is 11.1 Å². The monoisotopic (exact) mass is 199 g/mol. The number of anilines is 1. The van der Waals surface area contributed by atoms with Crippen LogP contribution in [0.1, 0.15) is 23.0 Å². The fourth-order valence-electron chi connectivity index (χ4n) is 0.838. The Balaban J connectivity index is 2.58. The number of ketones is 1. The Morgan fingerprint density at radius 2 is 2.54 bits per heavy atom. The van der Waals surface area contributed by atoms with Crippen LogP contribution in [0.5, 0.6) is 0 Å². The van der Waals surface area contributed by atoms with Crippen LogP contribution in [0.3, 0.4) is 0 Å². The summed E-state index contributed by atoms with van der Waals surface area (Å²) < 4.78 is 0. The molecule has 0 amide bonds. The molecule has 3 N–H and O–H groups in total. The lowest BCUT2D eigenvalue weighted by molar-refractivity contribution is 0.0992. The van der Waals surface area contributed by atoms with Gasteiger partial charge in [-0.15, -0.1) is 0 Å². The quantitative estimate of drug-likeness (QED) is 0.697. The van der Waals surface area contributed by atoms with E-state index in [9.17, 15) is 4.79 Å². The number of aromatic nitrogens is 1. The molecule has 5 heteroatoms. The molecule has 0 radical (unpaired) electrons. The Kier molecular flexibility index (Phi) is 3.85. The van der Waals surface area contributed by atoms with Gasteiger partial charge in [-0.05, 0) is 0 Å². The van der Waals surface area contributed by atoms with Crippen molar-refractivity contribution in [2.75, 3.05) is 18.4 Å². The second-order valence-corrected chi connectivity index (χ2v) is 3.55. The number of nitrogens with two attached hydrogens (primary N) is 1. The lowest BCUT2D eigenvalue weighted by atomic mass is 10.3. The van der Waals surface area contributed by atoms with Crippen molar-refractivity contribution >= 4 is 22.3 Å². The van der Waals surface area contributed by atoms with Gasteiger partial charge in [-0.1, -0.05) is 18.3 Å². The largest absolute Gasteiger partial charge is 0.360 e. The van der Waals surface area contributed by atoms with Crippen molar-refractivity contribution in [3.8, 4) is 0 Å². The number of nitrogens with zero attached hydrogens (tertiary/aromatic N) is 1. The summed E-state index contributed by atoms with van der Waals surface area (Å²) in [5.74, 6) is 0.137. The minimum atomic E-state index is 0.137. The summed E-state index contributed by atoms with van der Waals surface area (Å²) in [7, 11) is 0. The highest BCUT2D eigenvalue weighted by molar-refractivity contribution is 7.17. The van der Waals surface area contributed by atoms with Crippen LogP contribution in [0.4, 0.5) is 5.13 Å². The molecule has 1 rings (SSSR count). The van der Waals surface area contributed by atoms with Gasteiger partial charge in [0.25, 0.3) is 0 Å². The first kappa shape index (κ1) is 10.1. The van der Waals surface area contributed by atoms with Crippen molar-refractivity contribution in [2.24, 2.45) is 5.73 Å². The van der Waals surface area contributed by atoms with Gasteiger partial charge in [0.05, 0.1) is 11.1 Å². The number of carbonyl (C=O) groups is 1. The fraction of sp³-hybridized carbons (Fsp3) is 0.500. The molecule has 1 aromatic rings. The topological polar surface area (TPSA) is 68.0 Å². The second kappa shape index (κ2) is 4.94. The van der Waals surface area contributed by atoms with Crippen molar-refractivity contribution in [1.29, 1.82) is 0 Å². The summed E-state index contributed by atoms with van der Waals surface area (Å²) in [6.07, 6.45) is 2.13. The van der Waals surface area contributed by atoms with E-state index >= 15 is 0 Å². The van der Waals surface area contributed by atoms with E-state index in [0.29, 0.717) is 24.4 Å². The van der Waals surface area contributed by atoms with Gasteiger partial charge in [-0.3, -0.25) is 4.79 Å². The van der Waals surface area contributed by atoms with Crippen LogP contribution in [-0.2, 0) is 0 Å². The summed E-state index contributed by atoms with van der Waals surface area (Å²) in [5, 5.41) is 3.79. The Labute approximate surface area is 81.2 Å². The molecule has 0 saturated heterocycles. The summed E-state index contributed by atoms with van der Waals surface area (Å²) in [6, 6.07) is 0. The Morgan fingerprint density at radius 3 is 3.15 bits per heavy atom. The smallest absolute Gasteiger partial charge is 0.183 e. The first-order chi connectivity index (χ1) is 6.27. The summed E-state index contributed by atoms with van der Waals surface area (Å²) in [4.78, 5) is 16.0. The molecule has 1 aromatic heterocycles. The van der Waals surface area contributed by atoms with E-state index in [1.807, 2.05) is 6.92 Å². The van der Waals surface area contributed by atoms with Crippen LogP contribution in [0.25, 0.3) is 0 Å². The van der Waals surface area contributed by atoms with Crippen molar-refractivity contribution < 1.29 is 4.79 Å². The predicted octanol–water partition coefficient (Wildman–Crippen LogP) is 1.11. The van der Waals surface area contributed by atoms with Crippen LogP contribution >= 0.6 is 11.3 Å². The zero-order valence-corrected chi connectivity index (χ0v) is 8.36. The molecule has 0 aromatic carbocycles. The van der Waals surface area contributed by atoms with Gasteiger partial charge in [-0.2, -0.15) is 0 Å². The highest BCUT2D eigenvalue weighted by atomic mass is 32.1. The Morgan fingerprint density at radius 1 is 1.77 bits per heavy atom. The third-order valence-electron chi connectivity index (χ3n) is 1.52. The molecule has 0 aliphatic carbocycles. The van der Waals surface area contributed by atoms with Gasteiger partial charge in [0, 0.05) is 19.5 Å². The number of rotatable bonds is 5. The van der Waals surface area contributed by atoms with E-state index in [0.717, 1.165) is 5.13 Å². The number of Topliss-reactive ketones (excluding diaryl/α,β-unsaturated/α-hetero) is 1. The van der Waals surface area contributed by atoms with Crippen LogP contribution in [-0.4, -0.2) is 23.9 Å². The molecule has 13 heavy (non-hydrogen) atoms. The third-order valence-corrected chi connectivity index (χ3v) is 2.52. The molecular formula is C8H13N3OS. The Bertz CT molecular complexity index is 285. The number of carbonyl (C=O) groups excluding carboxylic acids is 1. The minimum Gasteiger partial charge on any atom is -0.360 e. The molecule has 0 aliphatic heterocycles. The molecule has 0 bridgehead atoms. The summed E-state index contributed by atoms with van der Waals surface area (Å²) in [5.41, 5.74) is 5.32. The average Bonchev–Trinajstić information content (AvgIpc) is 2.62. The second-order valence-electron chi connectivity index (χ2n) is 2.52. The van der Waals surface area contributed by atoms with E-state index in [1.54, 1.807) is 6.20 Å². The maximum atomic E-state index is 11.2. The van der Waals surface area contributed by atoms with Crippen LogP contribution in [0.2, 0.25) is 0 Å². The average molecular weight is 199 g/mol. The van der Waals surface area contributed by atoms with Crippen molar-refractivity contribution in [3.05, 3.63) is 11.1 Å². The number of hydrogen-bond donors (Lipinski definition) is 2. The van der Waals surface area contributed by atoms with Gasteiger partial charge in [0.2, 0.25) is 0 Å². The van der Waals surface area contributed by atoms with Crippen molar-refractivity contribution in [2.45, 2.75) is 13.3 Å². The lowest BCUT2D eigenvalue weighted by Gasteiger charge is -1.96. The van der Waals surface area contributed by atoms with Crippen LogP contribution in [0, 0.1) is 0 Å². The summed E-state index contributed by atoms with van der Waals surface area (Å²) in [6.45, 7) is 3.10. The normalized spacial score (nSPS) is 10.0.